The van der Waals surface area contributed by atoms with Gasteiger partial charge in [-0.15, -0.1) is 0 Å². The highest BCUT2D eigenvalue weighted by atomic mass is 16.6. The van der Waals surface area contributed by atoms with Gasteiger partial charge in [0.1, 0.15) is 11.4 Å². The Kier molecular flexibility index (Phi) is 7.41. The fourth-order valence-corrected chi connectivity index (χ4v) is 3.55. The van der Waals surface area contributed by atoms with Gasteiger partial charge in [-0.05, 0) is 41.0 Å². The summed E-state index contributed by atoms with van der Waals surface area (Å²) in [6.07, 6.45) is 1.15. The third-order valence-electron chi connectivity index (χ3n) is 4.64. The molecule has 0 spiro atoms. The van der Waals surface area contributed by atoms with Crippen LogP contribution in [0.4, 0.5) is 0 Å². The van der Waals surface area contributed by atoms with E-state index < -0.39 is 11.6 Å². The molecule has 2 N–H and O–H groups in total. The minimum absolute atomic E-state index is 0.00483. The quantitative estimate of drug-likeness (QED) is 0.394. The van der Waals surface area contributed by atoms with Crippen molar-refractivity contribution in [1.29, 1.82) is 0 Å². The topological polar surface area (TPSA) is 87.4 Å². The second kappa shape index (κ2) is 9.39. The lowest BCUT2D eigenvalue weighted by Crippen LogP contribution is -2.38. The van der Waals surface area contributed by atoms with Crippen LogP contribution in [-0.4, -0.2) is 28.5 Å². The van der Waals surface area contributed by atoms with Gasteiger partial charge in [-0.3, -0.25) is 4.79 Å². The molecule has 1 heterocycles. The molecule has 1 aromatic heterocycles. The van der Waals surface area contributed by atoms with Gasteiger partial charge in [0.25, 0.3) is 5.82 Å². The van der Waals surface area contributed by atoms with Crippen LogP contribution in [0.1, 0.15) is 70.6 Å². The Morgan fingerprint density at radius 2 is 1.86 bits per heavy atom. The van der Waals surface area contributed by atoms with Crippen molar-refractivity contribution in [2.45, 2.75) is 79.6 Å². The Morgan fingerprint density at radius 3 is 2.38 bits per heavy atom. The first-order valence-electron chi connectivity index (χ1n) is 10.3. The lowest BCUT2D eigenvalue weighted by Gasteiger charge is -2.19. The summed E-state index contributed by atoms with van der Waals surface area (Å²) in [5, 5.41) is 0. The molecule has 160 valence electrons. The maximum absolute atomic E-state index is 12.8. The molecule has 2 rings (SSSR count). The van der Waals surface area contributed by atoms with Crippen LogP contribution in [0, 0.1) is 0 Å². The van der Waals surface area contributed by atoms with Gasteiger partial charge in [0.05, 0.1) is 25.2 Å². The smallest absolute Gasteiger partial charge is 0.344 e. The van der Waals surface area contributed by atoms with Crippen molar-refractivity contribution >= 4 is 22.8 Å². The molecule has 0 aliphatic carbocycles. The summed E-state index contributed by atoms with van der Waals surface area (Å²) >= 11 is 0. The number of esters is 1. The molecule has 7 heteroatoms. The Bertz CT molecular complexity index is 894. The van der Waals surface area contributed by atoms with Gasteiger partial charge >= 0.3 is 5.97 Å². The van der Waals surface area contributed by atoms with Crippen molar-refractivity contribution in [2.75, 3.05) is 6.61 Å². The molecule has 0 aliphatic heterocycles. The first kappa shape index (κ1) is 22.9. The molecule has 29 heavy (non-hydrogen) atoms. The van der Waals surface area contributed by atoms with Crippen LogP contribution in [-0.2, 0) is 29.2 Å². The zero-order valence-electron chi connectivity index (χ0n) is 18.5. The number of rotatable bonds is 9. The number of ether oxygens (including phenoxy) is 2. The highest BCUT2D eigenvalue weighted by Crippen LogP contribution is 2.28. The second-order valence-corrected chi connectivity index (χ2v) is 7.99. The largest absolute Gasteiger partial charge is 0.481 e. The zero-order valence-corrected chi connectivity index (χ0v) is 18.5. The lowest BCUT2D eigenvalue weighted by atomic mass is 10.0. The van der Waals surface area contributed by atoms with E-state index in [4.69, 9.17) is 15.2 Å². The second-order valence-electron chi connectivity index (χ2n) is 7.99. The number of aryl methyl sites for hydroxylation is 2. The van der Waals surface area contributed by atoms with Crippen LogP contribution in [0.15, 0.2) is 12.1 Å². The van der Waals surface area contributed by atoms with E-state index in [1.165, 1.54) is 0 Å². The molecule has 2 aromatic rings. The number of benzene rings is 1. The van der Waals surface area contributed by atoms with Gasteiger partial charge in [0.15, 0.2) is 23.4 Å². The number of carbonyl (C=O) groups excluding carboxylic acids is 2. The minimum Gasteiger partial charge on any atom is -0.481 e. The maximum atomic E-state index is 12.8. The van der Waals surface area contributed by atoms with E-state index >= 15 is 0 Å². The molecule has 0 unspecified atom stereocenters. The number of carbonyl (C=O) groups is 2. The highest BCUT2D eigenvalue weighted by molar-refractivity contribution is 6.01. The van der Waals surface area contributed by atoms with Crippen molar-refractivity contribution in [3.05, 3.63) is 23.5 Å². The van der Waals surface area contributed by atoms with Crippen molar-refractivity contribution in [1.82, 2.24) is 4.57 Å². The van der Waals surface area contributed by atoms with E-state index in [9.17, 15) is 9.59 Å². The van der Waals surface area contributed by atoms with Crippen LogP contribution in [0.5, 0.6) is 5.75 Å². The monoisotopic (exact) mass is 404 g/mol. The fourth-order valence-electron chi connectivity index (χ4n) is 3.55. The first-order valence-corrected chi connectivity index (χ1v) is 10.3. The Labute approximate surface area is 172 Å². The van der Waals surface area contributed by atoms with Crippen LogP contribution in [0.2, 0.25) is 0 Å². The van der Waals surface area contributed by atoms with Gasteiger partial charge in [0, 0.05) is 18.6 Å². The molecule has 0 saturated heterocycles. The van der Waals surface area contributed by atoms with Gasteiger partial charge < -0.3 is 15.2 Å². The summed E-state index contributed by atoms with van der Waals surface area (Å²) in [4.78, 5) is 24.9. The lowest BCUT2D eigenvalue weighted by molar-refractivity contribution is -0.676. The molecule has 0 aliphatic rings. The fraction of sp³-hybridized carbons (Fsp3) is 0.591. The number of fused-ring (bicyclic) bond motifs is 1. The maximum Gasteiger partial charge on any atom is 0.344 e. The molecule has 0 atom stereocenters. The standard InChI is InChI=1S/C22H34N3O4/c1-7-10-18(26)15-11-16-17(25(9-3)20(13-23)24(16)8-2)12-19(15)28-14-21(27)29-22(4,5)6/h11-12H,7-10,13-14,23H2,1-6H3/q+1. The van der Waals surface area contributed by atoms with E-state index in [2.05, 4.69) is 23.0 Å². The van der Waals surface area contributed by atoms with Gasteiger partial charge in [-0.1, -0.05) is 6.92 Å². The first-order chi connectivity index (χ1) is 13.7. The summed E-state index contributed by atoms with van der Waals surface area (Å²) in [7, 11) is 0. The molecule has 0 radical (unpaired) electrons. The average molecular weight is 405 g/mol. The number of hydrogen-bond acceptors (Lipinski definition) is 5. The van der Waals surface area contributed by atoms with E-state index in [0.29, 0.717) is 24.3 Å². The summed E-state index contributed by atoms with van der Waals surface area (Å²) in [5.41, 5.74) is 7.78. The van der Waals surface area contributed by atoms with E-state index in [0.717, 1.165) is 36.4 Å². The SMILES string of the molecule is CCCC(=O)c1cc2c(cc1OCC(=O)OC(C)(C)C)[n+](CC)c(CN)n2CC. The zero-order chi connectivity index (χ0) is 21.8. The van der Waals surface area contributed by atoms with Crippen molar-refractivity contribution in [2.24, 2.45) is 5.73 Å². The van der Waals surface area contributed by atoms with E-state index in [-0.39, 0.29) is 12.4 Å². The third kappa shape index (κ3) is 5.15. The Morgan fingerprint density at radius 1 is 1.17 bits per heavy atom. The predicted molar refractivity (Wildman–Crippen MR) is 112 cm³/mol. The van der Waals surface area contributed by atoms with Gasteiger partial charge in [0.2, 0.25) is 0 Å². The molecule has 0 saturated carbocycles. The summed E-state index contributed by atoms with van der Waals surface area (Å²) in [6, 6.07) is 3.71. The molecule has 0 fully saturated rings. The highest BCUT2D eigenvalue weighted by Gasteiger charge is 2.26. The minimum atomic E-state index is -0.592. The number of hydrogen-bond donors (Lipinski definition) is 1. The Balaban J connectivity index is 2.55. The Hall–Kier alpha value is -2.41. The van der Waals surface area contributed by atoms with Crippen LogP contribution >= 0.6 is 0 Å². The number of nitrogens with two attached hydrogens (primary N) is 1. The van der Waals surface area contributed by atoms with Gasteiger partial charge in [-0.2, -0.15) is 0 Å². The molecule has 0 amide bonds. The number of Topliss-reactive ketones (excluding diaryl/α,β-unsaturated/α-hetero) is 1. The van der Waals surface area contributed by atoms with Crippen LogP contribution < -0.4 is 15.0 Å². The summed E-state index contributed by atoms with van der Waals surface area (Å²) in [6.45, 7) is 13.1. The number of imidazole rings is 1. The predicted octanol–water partition coefficient (Wildman–Crippen LogP) is 3.13. The molecular formula is C22H34N3O4+. The van der Waals surface area contributed by atoms with Crippen LogP contribution in [0.3, 0.4) is 0 Å². The molecule has 7 nitrogen and oxygen atoms in total. The van der Waals surface area contributed by atoms with Crippen molar-refractivity contribution in [3.63, 3.8) is 0 Å². The number of ketones is 1. The van der Waals surface area contributed by atoms with E-state index in [1.807, 2.05) is 19.1 Å². The summed E-state index contributed by atoms with van der Waals surface area (Å²) in [5.74, 6) is 0.919. The van der Waals surface area contributed by atoms with Crippen LogP contribution in [0.25, 0.3) is 11.0 Å². The number of aromatic nitrogens is 2. The van der Waals surface area contributed by atoms with Crippen molar-refractivity contribution in [3.8, 4) is 5.75 Å². The molecule has 0 bridgehead atoms. The molecule has 1 aromatic carbocycles. The van der Waals surface area contributed by atoms with Crippen molar-refractivity contribution < 1.29 is 23.6 Å². The van der Waals surface area contributed by atoms with E-state index in [1.54, 1.807) is 20.8 Å². The molecular weight excluding hydrogens is 370 g/mol. The normalized spacial score (nSPS) is 11.7. The number of nitrogens with zero attached hydrogens (tertiary/aromatic N) is 2. The third-order valence-corrected chi connectivity index (χ3v) is 4.64. The average Bonchev–Trinajstić information content (AvgIpc) is 2.95. The summed E-state index contributed by atoms with van der Waals surface area (Å²) < 4.78 is 15.4. The van der Waals surface area contributed by atoms with Gasteiger partial charge in [-0.25, -0.2) is 13.9 Å².